The summed E-state index contributed by atoms with van der Waals surface area (Å²) in [4.78, 5) is 14.1. The van der Waals surface area contributed by atoms with Gasteiger partial charge < -0.3 is 14.8 Å². The van der Waals surface area contributed by atoms with Gasteiger partial charge in [-0.05, 0) is 54.5 Å². The summed E-state index contributed by atoms with van der Waals surface area (Å²) in [6.07, 6.45) is 1.88. The number of hydrogen-bond acceptors (Lipinski definition) is 4. The number of rotatable bonds is 6. The Morgan fingerprint density at radius 2 is 1.76 bits per heavy atom. The molecule has 0 bridgehead atoms. The number of hydrogen-bond donors (Lipinski definition) is 1. The number of ether oxygens (including phenoxy) is 2. The highest BCUT2D eigenvalue weighted by atomic mass is 32.2. The van der Waals surface area contributed by atoms with E-state index in [4.69, 9.17) is 9.47 Å². The van der Waals surface area contributed by atoms with Crippen LogP contribution < -0.4 is 14.8 Å². The minimum Gasteiger partial charge on any atom is -0.494 e. The van der Waals surface area contributed by atoms with Crippen molar-refractivity contribution in [2.75, 3.05) is 11.9 Å². The van der Waals surface area contributed by atoms with Gasteiger partial charge in [-0.1, -0.05) is 54.2 Å². The van der Waals surface area contributed by atoms with E-state index in [0.29, 0.717) is 18.1 Å². The van der Waals surface area contributed by atoms with Crippen LogP contribution in [0.4, 0.5) is 5.69 Å². The Hall–Kier alpha value is -3.18. The molecule has 5 heteroatoms. The Morgan fingerprint density at radius 3 is 2.59 bits per heavy atom. The number of thioether (sulfide) groups is 1. The number of amides is 1. The molecule has 29 heavy (non-hydrogen) atoms. The fourth-order valence-corrected chi connectivity index (χ4v) is 3.96. The second kappa shape index (κ2) is 8.88. The fraction of sp³-hybridized carbons (Fsp3) is 0.125. The van der Waals surface area contributed by atoms with Crippen LogP contribution in [0.25, 0.3) is 6.08 Å². The van der Waals surface area contributed by atoms with Crippen molar-refractivity contribution in [3.05, 3.63) is 88.8 Å². The zero-order valence-electron chi connectivity index (χ0n) is 16.1. The Bertz CT molecular complexity index is 1050. The van der Waals surface area contributed by atoms with Crippen molar-refractivity contribution in [2.45, 2.75) is 18.4 Å². The Labute approximate surface area is 174 Å². The first-order valence-electron chi connectivity index (χ1n) is 9.46. The van der Waals surface area contributed by atoms with Gasteiger partial charge in [-0.3, -0.25) is 4.79 Å². The van der Waals surface area contributed by atoms with Gasteiger partial charge >= 0.3 is 0 Å². The maximum Gasteiger partial charge on any atom is 0.262 e. The molecule has 3 aromatic carbocycles. The highest BCUT2D eigenvalue weighted by molar-refractivity contribution is 8.04. The summed E-state index contributed by atoms with van der Waals surface area (Å²) in [5.41, 5.74) is 2.83. The second-order valence-corrected chi connectivity index (χ2v) is 7.59. The quantitative estimate of drug-likeness (QED) is 0.533. The van der Waals surface area contributed by atoms with Crippen LogP contribution in [0.5, 0.6) is 11.5 Å². The van der Waals surface area contributed by atoms with Gasteiger partial charge in [0, 0.05) is 4.90 Å². The van der Waals surface area contributed by atoms with E-state index < -0.39 is 0 Å². The molecule has 0 atom stereocenters. The monoisotopic (exact) mass is 403 g/mol. The molecule has 0 radical (unpaired) electrons. The molecule has 0 spiro atoms. The summed E-state index contributed by atoms with van der Waals surface area (Å²) < 4.78 is 11.5. The van der Waals surface area contributed by atoms with Gasteiger partial charge in [0.15, 0.2) is 0 Å². The summed E-state index contributed by atoms with van der Waals surface area (Å²) in [5.74, 6) is 1.45. The highest BCUT2D eigenvalue weighted by Gasteiger charge is 2.21. The van der Waals surface area contributed by atoms with Crippen molar-refractivity contribution in [1.29, 1.82) is 0 Å². The molecular weight excluding hydrogens is 382 g/mol. The van der Waals surface area contributed by atoms with Gasteiger partial charge in [0.2, 0.25) is 0 Å². The third-order valence-corrected chi connectivity index (χ3v) is 5.44. The van der Waals surface area contributed by atoms with Crippen LogP contribution >= 0.6 is 11.8 Å². The lowest BCUT2D eigenvalue weighted by Gasteiger charge is -2.19. The van der Waals surface area contributed by atoms with E-state index in [1.807, 2.05) is 85.8 Å². The summed E-state index contributed by atoms with van der Waals surface area (Å²) in [6.45, 7) is 3.06. The normalized spacial score (nSPS) is 14.2. The molecule has 0 aliphatic carbocycles. The Kier molecular flexibility index (Phi) is 5.86. The van der Waals surface area contributed by atoms with E-state index in [0.717, 1.165) is 33.2 Å². The van der Waals surface area contributed by atoms with Gasteiger partial charge in [-0.15, -0.1) is 0 Å². The molecule has 0 saturated heterocycles. The molecule has 0 saturated carbocycles. The number of fused-ring (bicyclic) bond motifs is 1. The molecule has 1 N–H and O–H groups in total. The van der Waals surface area contributed by atoms with Gasteiger partial charge in [-0.25, -0.2) is 0 Å². The van der Waals surface area contributed by atoms with Crippen molar-refractivity contribution < 1.29 is 14.3 Å². The second-order valence-electron chi connectivity index (χ2n) is 6.50. The fourth-order valence-electron chi connectivity index (χ4n) is 2.98. The smallest absolute Gasteiger partial charge is 0.262 e. The first-order valence-corrected chi connectivity index (χ1v) is 10.3. The van der Waals surface area contributed by atoms with E-state index in [9.17, 15) is 4.79 Å². The number of anilines is 1. The first-order chi connectivity index (χ1) is 14.2. The molecule has 0 fully saturated rings. The number of nitrogens with one attached hydrogen (secondary N) is 1. The maximum atomic E-state index is 12.5. The average Bonchev–Trinajstić information content (AvgIpc) is 2.74. The Morgan fingerprint density at radius 1 is 0.931 bits per heavy atom. The van der Waals surface area contributed by atoms with E-state index in [1.165, 1.54) is 11.8 Å². The molecule has 1 aliphatic rings. The summed E-state index contributed by atoms with van der Waals surface area (Å²) >= 11 is 1.44. The molecule has 4 rings (SSSR count). The summed E-state index contributed by atoms with van der Waals surface area (Å²) in [7, 11) is 0. The van der Waals surface area contributed by atoms with Crippen LogP contribution in [0.15, 0.2) is 82.6 Å². The summed E-state index contributed by atoms with van der Waals surface area (Å²) in [6, 6.07) is 23.5. The number of carbonyl (C=O) groups is 1. The maximum absolute atomic E-state index is 12.5. The van der Waals surface area contributed by atoms with E-state index in [-0.39, 0.29) is 5.91 Å². The third kappa shape index (κ3) is 4.81. The molecule has 1 heterocycles. The SMILES string of the molecule is CCOc1ccc2c(c1)SC(=Cc1cccc(OCc3ccccc3)c1)C(=O)N2. The first kappa shape index (κ1) is 19.2. The molecule has 0 aromatic heterocycles. The average molecular weight is 404 g/mol. The van der Waals surface area contributed by atoms with Crippen molar-refractivity contribution in [3.63, 3.8) is 0 Å². The minimum atomic E-state index is -0.109. The summed E-state index contributed by atoms with van der Waals surface area (Å²) in [5, 5.41) is 2.95. The number of carbonyl (C=O) groups excluding carboxylic acids is 1. The van der Waals surface area contributed by atoms with Crippen molar-refractivity contribution in [2.24, 2.45) is 0 Å². The van der Waals surface area contributed by atoms with E-state index >= 15 is 0 Å². The molecule has 1 aliphatic heterocycles. The van der Waals surface area contributed by atoms with Crippen LogP contribution in [0.1, 0.15) is 18.1 Å². The molecule has 4 nitrogen and oxygen atoms in total. The topological polar surface area (TPSA) is 47.6 Å². The number of benzene rings is 3. The van der Waals surface area contributed by atoms with Crippen molar-refractivity contribution in [1.82, 2.24) is 0 Å². The van der Waals surface area contributed by atoms with E-state index in [2.05, 4.69) is 5.32 Å². The van der Waals surface area contributed by atoms with Crippen molar-refractivity contribution in [3.8, 4) is 11.5 Å². The third-order valence-electron chi connectivity index (χ3n) is 4.36. The lowest BCUT2D eigenvalue weighted by Crippen LogP contribution is -2.17. The minimum absolute atomic E-state index is 0.109. The standard InChI is InChI=1S/C24H21NO3S/c1-2-27-20-11-12-21-22(15-20)29-23(24(26)25-21)14-18-9-6-10-19(13-18)28-16-17-7-4-3-5-8-17/h3-15H,2,16H2,1H3,(H,25,26). The van der Waals surface area contributed by atoms with Gasteiger partial charge in [0.1, 0.15) is 18.1 Å². The van der Waals surface area contributed by atoms with Gasteiger partial charge in [0.05, 0.1) is 17.2 Å². The molecular formula is C24H21NO3S. The molecule has 146 valence electrons. The molecule has 1 amide bonds. The Balaban J connectivity index is 1.51. The lowest BCUT2D eigenvalue weighted by molar-refractivity contribution is -0.112. The lowest BCUT2D eigenvalue weighted by atomic mass is 10.2. The van der Waals surface area contributed by atoms with Gasteiger partial charge in [0.25, 0.3) is 5.91 Å². The van der Waals surface area contributed by atoms with Crippen molar-refractivity contribution >= 4 is 29.4 Å². The predicted molar refractivity (Wildman–Crippen MR) is 117 cm³/mol. The van der Waals surface area contributed by atoms with Crippen LogP contribution in [0, 0.1) is 0 Å². The van der Waals surface area contributed by atoms with E-state index in [1.54, 1.807) is 0 Å². The zero-order valence-corrected chi connectivity index (χ0v) is 16.9. The highest BCUT2D eigenvalue weighted by Crippen LogP contribution is 2.40. The van der Waals surface area contributed by atoms with Crippen LogP contribution in [0.3, 0.4) is 0 Å². The van der Waals surface area contributed by atoms with Crippen LogP contribution in [-0.4, -0.2) is 12.5 Å². The van der Waals surface area contributed by atoms with Gasteiger partial charge in [-0.2, -0.15) is 0 Å². The zero-order chi connectivity index (χ0) is 20.1. The van der Waals surface area contributed by atoms with Crippen LogP contribution in [0.2, 0.25) is 0 Å². The van der Waals surface area contributed by atoms with Crippen LogP contribution in [-0.2, 0) is 11.4 Å². The predicted octanol–water partition coefficient (Wildman–Crippen LogP) is 5.75. The molecule has 3 aromatic rings. The largest absolute Gasteiger partial charge is 0.494 e. The molecule has 0 unspecified atom stereocenters.